The van der Waals surface area contributed by atoms with E-state index in [9.17, 15) is 9.59 Å². The van der Waals surface area contributed by atoms with Crippen LogP contribution in [0.25, 0.3) is 0 Å². The standard InChI is InChI=1S/C22H28N2O3/c1-15(2)14-22(26)24-19-10-8-18(9-11-19)23-21(25)12-13-27-20-7-5-6-16(3)17(20)4/h5-11,15H,12-14H2,1-4H3,(H,23,25)(H,24,26). The lowest BCUT2D eigenvalue weighted by molar-refractivity contribution is -0.117. The third-order valence-corrected chi connectivity index (χ3v) is 4.19. The molecule has 5 nitrogen and oxygen atoms in total. The van der Waals surface area contributed by atoms with Gasteiger partial charge in [-0.1, -0.05) is 26.0 Å². The normalized spacial score (nSPS) is 10.6. The van der Waals surface area contributed by atoms with E-state index in [0.29, 0.717) is 24.6 Å². The molecule has 0 bridgehead atoms. The SMILES string of the molecule is Cc1cccc(OCCC(=O)Nc2ccc(NC(=O)CC(C)C)cc2)c1C. The number of hydrogen-bond donors (Lipinski definition) is 2. The Hall–Kier alpha value is -2.82. The van der Waals surface area contributed by atoms with Crippen molar-refractivity contribution in [1.29, 1.82) is 0 Å². The molecule has 5 heteroatoms. The van der Waals surface area contributed by atoms with Gasteiger partial charge in [-0.05, 0) is 61.2 Å². The smallest absolute Gasteiger partial charge is 0.227 e. The number of aryl methyl sites for hydroxylation is 1. The summed E-state index contributed by atoms with van der Waals surface area (Å²) in [6.45, 7) is 8.36. The van der Waals surface area contributed by atoms with Gasteiger partial charge >= 0.3 is 0 Å². The van der Waals surface area contributed by atoms with Crippen molar-refractivity contribution in [2.45, 2.75) is 40.5 Å². The molecule has 0 aromatic heterocycles. The molecule has 27 heavy (non-hydrogen) atoms. The van der Waals surface area contributed by atoms with Crippen molar-refractivity contribution in [3.63, 3.8) is 0 Å². The van der Waals surface area contributed by atoms with Gasteiger partial charge in [-0.25, -0.2) is 0 Å². The minimum absolute atomic E-state index is 0.00891. The maximum Gasteiger partial charge on any atom is 0.227 e. The molecule has 0 atom stereocenters. The largest absolute Gasteiger partial charge is 0.493 e. The second-order valence-corrected chi connectivity index (χ2v) is 7.07. The number of amides is 2. The monoisotopic (exact) mass is 368 g/mol. The van der Waals surface area contributed by atoms with E-state index in [1.165, 1.54) is 0 Å². The average Bonchev–Trinajstić information content (AvgIpc) is 2.59. The minimum Gasteiger partial charge on any atom is -0.493 e. The van der Waals surface area contributed by atoms with Crippen molar-refractivity contribution >= 4 is 23.2 Å². The number of benzene rings is 2. The molecular formula is C22H28N2O3. The summed E-state index contributed by atoms with van der Waals surface area (Å²) in [7, 11) is 0. The van der Waals surface area contributed by atoms with Crippen LogP contribution in [0.5, 0.6) is 5.75 Å². The predicted octanol–water partition coefficient (Wildman–Crippen LogP) is 4.70. The number of hydrogen-bond acceptors (Lipinski definition) is 3. The van der Waals surface area contributed by atoms with Crippen LogP contribution < -0.4 is 15.4 Å². The molecule has 2 amide bonds. The van der Waals surface area contributed by atoms with E-state index in [2.05, 4.69) is 10.6 Å². The fraction of sp³-hybridized carbons (Fsp3) is 0.364. The van der Waals surface area contributed by atoms with Crippen molar-refractivity contribution in [3.8, 4) is 5.75 Å². The zero-order valence-electron chi connectivity index (χ0n) is 16.5. The molecule has 0 aliphatic heterocycles. The fourth-order valence-corrected chi connectivity index (χ4v) is 2.58. The molecule has 0 fully saturated rings. The highest BCUT2D eigenvalue weighted by Crippen LogP contribution is 2.20. The summed E-state index contributed by atoms with van der Waals surface area (Å²) in [6, 6.07) is 13.0. The van der Waals surface area contributed by atoms with Crippen LogP contribution in [0, 0.1) is 19.8 Å². The van der Waals surface area contributed by atoms with Gasteiger partial charge in [0.1, 0.15) is 5.75 Å². The van der Waals surface area contributed by atoms with Crippen LogP contribution in [0.1, 0.15) is 37.8 Å². The second kappa shape index (κ2) is 9.76. The summed E-state index contributed by atoms with van der Waals surface area (Å²) in [5.41, 5.74) is 3.66. The fourth-order valence-electron chi connectivity index (χ4n) is 2.58. The molecule has 2 aromatic rings. The number of nitrogens with one attached hydrogen (secondary N) is 2. The van der Waals surface area contributed by atoms with Crippen molar-refractivity contribution in [2.75, 3.05) is 17.2 Å². The van der Waals surface area contributed by atoms with Crippen LogP contribution in [-0.2, 0) is 9.59 Å². The third-order valence-electron chi connectivity index (χ3n) is 4.19. The molecule has 2 rings (SSSR count). The van der Waals surface area contributed by atoms with Gasteiger partial charge in [0.15, 0.2) is 0 Å². The first kappa shape index (κ1) is 20.5. The van der Waals surface area contributed by atoms with Gasteiger partial charge in [0.05, 0.1) is 13.0 Å². The van der Waals surface area contributed by atoms with Gasteiger partial charge in [0, 0.05) is 17.8 Å². The quantitative estimate of drug-likeness (QED) is 0.710. The molecule has 0 radical (unpaired) electrons. The predicted molar refractivity (Wildman–Crippen MR) is 109 cm³/mol. The van der Waals surface area contributed by atoms with Crippen LogP contribution in [0.4, 0.5) is 11.4 Å². The van der Waals surface area contributed by atoms with E-state index < -0.39 is 0 Å². The summed E-state index contributed by atoms with van der Waals surface area (Å²) in [6.07, 6.45) is 0.749. The molecular weight excluding hydrogens is 340 g/mol. The molecule has 0 aliphatic carbocycles. The van der Waals surface area contributed by atoms with Gasteiger partial charge in [-0.3, -0.25) is 9.59 Å². The molecule has 0 aliphatic rings. The summed E-state index contributed by atoms with van der Waals surface area (Å²) in [4.78, 5) is 23.8. The highest BCUT2D eigenvalue weighted by atomic mass is 16.5. The maximum absolute atomic E-state index is 12.1. The van der Waals surface area contributed by atoms with Crippen molar-refractivity contribution in [2.24, 2.45) is 5.92 Å². The summed E-state index contributed by atoms with van der Waals surface area (Å²) in [5, 5.41) is 5.68. The Labute approximate surface area is 161 Å². The molecule has 144 valence electrons. The van der Waals surface area contributed by atoms with Gasteiger partial charge in [0.25, 0.3) is 0 Å². The van der Waals surface area contributed by atoms with Crippen molar-refractivity contribution in [1.82, 2.24) is 0 Å². The first-order chi connectivity index (χ1) is 12.8. The first-order valence-electron chi connectivity index (χ1n) is 9.24. The zero-order valence-corrected chi connectivity index (χ0v) is 16.5. The second-order valence-electron chi connectivity index (χ2n) is 7.07. The lowest BCUT2D eigenvalue weighted by Crippen LogP contribution is -2.16. The molecule has 0 spiro atoms. The lowest BCUT2D eigenvalue weighted by atomic mass is 10.1. The molecule has 0 saturated heterocycles. The van der Waals surface area contributed by atoms with E-state index in [1.807, 2.05) is 45.9 Å². The van der Waals surface area contributed by atoms with Crippen LogP contribution in [0.2, 0.25) is 0 Å². The van der Waals surface area contributed by atoms with Gasteiger partial charge < -0.3 is 15.4 Å². The molecule has 2 N–H and O–H groups in total. The van der Waals surface area contributed by atoms with E-state index in [4.69, 9.17) is 4.74 Å². The Kier molecular flexibility index (Phi) is 7.41. The van der Waals surface area contributed by atoms with Crippen LogP contribution in [-0.4, -0.2) is 18.4 Å². The number of anilines is 2. The van der Waals surface area contributed by atoms with Crippen molar-refractivity contribution in [3.05, 3.63) is 53.6 Å². The van der Waals surface area contributed by atoms with Crippen LogP contribution in [0.3, 0.4) is 0 Å². The number of carbonyl (C=O) groups excluding carboxylic acids is 2. The third kappa shape index (κ3) is 6.77. The average molecular weight is 368 g/mol. The highest BCUT2D eigenvalue weighted by Gasteiger charge is 2.07. The van der Waals surface area contributed by atoms with E-state index in [0.717, 1.165) is 22.6 Å². The molecule has 2 aromatic carbocycles. The first-order valence-corrected chi connectivity index (χ1v) is 9.24. The molecule has 0 heterocycles. The number of ether oxygens (including phenoxy) is 1. The molecule has 0 saturated carbocycles. The lowest BCUT2D eigenvalue weighted by Gasteiger charge is -2.11. The van der Waals surface area contributed by atoms with Gasteiger partial charge in [0.2, 0.25) is 11.8 Å². The van der Waals surface area contributed by atoms with E-state index in [1.54, 1.807) is 24.3 Å². The highest BCUT2D eigenvalue weighted by molar-refractivity contribution is 5.93. The number of rotatable bonds is 8. The number of carbonyl (C=O) groups is 2. The van der Waals surface area contributed by atoms with E-state index >= 15 is 0 Å². The summed E-state index contributed by atoms with van der Waals surface area (Å²) >= 11 is 0. The van der Waals surface area contributed by atoms with Gasteiger partial charge in [-0.2, -0.15) is 0 Å². The summed E-state index contributed by atoms with van der Waals surface area (Å²) in [5.74, 6) is 1.00. The van der Waals surface area contributed by atoms with Crippen LogP contribution >= 0.6 is 0 Å². The maximum atomic E-state index is 12.1. The van der Waals surface area contributed by atoms with Gasteiger partial charge in [-0.15, -0.1) is 0 Å². The Morgan fingerprint density at radius 1 is 0.926 bits per heavy atom. The van der Waals surface area contributed by atoms with E-state index in [-0.39, 0.29) is 18.2 Å². The Morgan fingerprint density at radius 2 is 1.52 bits per heavy atom. The summed E-state index contributed by atoms with van der Waals surface area (Å²) < 4.78 is 5.71. The Balaban J connectivity index is 1.78. The van der Waals surface area contributed by atoms with Crippen LogP contribution in [0.15, 0.2) is 42.5 Å². The Bertz CT molecular complexity index is 783. The molecule has 0 unspecified atom stereocenters. The Morgan fingerprint density at radius 3 is 2.11 bits per heavy atom. The zero-order chi connectivity index (χ0) is 19.8. The topological polar surface area (TPSA) is 67.4 Å². The van der Waals surface area contributed by atoms with Crippen molar-refractivity contribution < 1.29 is 14.3 Å². The minimum atomic E-state index is -0.114.